The van der Waals surface area contributed by atoms with Gasteiger partial charge in [-0.15, -0.1) is 0 Å². The minimum atomic E-state index is -0.343. The molecule has 2 N–H and O–H groups in total. The fourth-order valence-electron chi connectivity index (χ4n) is 2.63. The van der Waals surface area contributed by atoms with Crippen LogP contribution in [0, 0.1) is 0 Å². The minimum Gasteiger partial charge on any atom is -0.495 e. The Morgan fingerprint density at radius 1 is 1.16 bits per heavy atom. The number of nitrogens with one attached hydrogen (secondary N) is 2. The van der Waals surface area contributed by atoms with E-state index in [9.17, 15) is 4.79 Å². The fourth-order valence-corrected chi connectivity index (χ4v) is 2.63. The molecular formula is C19H15N3O3. The minimum absolute atomic E-state index is 0.233. The summed E-state index contributed by atoms with van der Waals surface area (Å²) in [5.74, 6) is 1.17. The summed E-state index contributed by atoms with van der Waals surface area (Å²) in [5.41, 5.74) is 3.22. The molecular weight excluding hydrogens is 318 g/mol. The predicted octanol–water partition coefficient (Wildman–Crippen LogP) is 4.08. The molecule has 0 fully saturated rings. The highest BCUT2D eigenvalue weighted by Crippen LogP contribution is 2.30. The molecule has 0 unspecified atom stereocenters. The van der Waals surface area contributed by atoms with Gasteiger partial charge in [0.2, 0.25) is 0 Å². The normalized spacial score (nSPS) is 10.8. The molecule has 2 heterocycles. The van der Waals surface area contributed by atoms with Crippen molar-refractivity contribution in [1.29, 1.82) is 0 Å². The van der Waals surface area contributed by atoms with Gasteiger partial charge in [-0.1, -0.05) is 12.1 Å². The van der Waals surface area contributed by atoms with Gasteiger partial charge in [0.15, 0.2) is 5.76 Å². The number of furan rings is 1. The lowest BCUT2D eigenvalue weighted by atomic mass is 10.1. The Hall–Kier alpha value is -3.54. The Labute approximate surface area is 143 Å². The Morgan fingerprint density at radius 3 is 2.80 bits per heavy atom. The number of aromatic amines is 1. The first-order valence-corrected chi connectivity index (χ1v) is 7.72. The Kier molecular flexibility index (Phi) is 3.70. The number of amides is 1. The molecule has 4 rings (SSSR count). The molecule has 0 bridgehead atoms. The number of H-pyrrole nitrogens is 1. The number of para-hydroxylation sites is 2. The number of fused-ring (bicyclic) bond motifs is 1. The van der Waals surface area contributed by atoms with E-state index in [-0.39, 0.29) is 11.7 Å². The summed E-state index contributed by atoms with van der Waals surface area (Å²) < 4.78 is 10.5. The van der Waals surface area contributed by atoms with Crippen molar-refractivity contribution in [3.05, 3.63) is 66.6 Å². The third-order valence-electron chi connectivity index (χ3n) is 3.86. The standard InChI is InChI=1S/C19H15N3O3/c1-24-16-9-8-12(18-20-13-5-2-3-6-14(13)21-18)11-15(16)22-19(23)17-7-4-10-25-17/h2-11H,1H3,(H,20,21)(H,22,23). The molecule has 0 radical (unpaired) electrons. The number of benzene rings is 2. The summed E-state index contributed by atoms with van der Waals surface area (Å²) in [7, 11) is 1.55. The summed E-state index contributed by atoms with van der Waals surface area (Å²) in [6, 6.07) is 16.6. The van der Waals surface area contributed by atoms with Gasteiger partial charge < -0.3 is 19.5 Å². The first-order chi connectivity index (χ1) is 12.2. The van der Waals surface area contributed by atoms with Crippen LogP contribution in [0.1, 0.15) is 10.6 Å². The highest BCUT2D eigenvalue weighted by Gasteiger charge is 2.14. The SMILES string of the molecule is COc1ccc(-c2nc3ccccc3[nH]2)cc1NC(=O)c1ccco1. The number of aromatic nitrogens is 2. The molecule has 2 aromatic carbocycles. The van der Waals surface area contributed by atoms with E-state index in [4.69, 9.17) is 9.15 Å². The molecule has 4 aromatic rings. The van der Waals surface area contributed by atoms with Gasteiger partial charge in [0.1, 0.15) is 11.6 Å². The summed E-state index contributed by atoms with van der Waals surface area (Å²) in [4.78, 5) is 20.1. The number of hydrogen-bond acceptors (Lipinski definition) is 4. The van der Waals surface area contributed by atoms with Gasteiger partial charge in [-0.05, 0) is 42.5 Å². The zero-order chi connectivity index (χ0) is 17.2. The highest BCUT2D eigenvalue weighted by molar-refractivity contribution is 6.03. The number of rotatable bonds is 4. The number of nitrogens with zero attached hydrogens (tertiary/aromatic N) is 1. The molecule has 6 nitrogen and oxygen atoms in total. The zero-order valence-corrected chi connectivity index (χ0v) is 13.4. The zero-order valence-electron chi connectivity index (χ0n) is 13.4. The van der Waals surface area contributed by atoms with Crippen LogP contribution in [0.3, 0.4) is 0 Å². The van der Waals surface area contributed by atoms with Crippen LogP contribution in [0.25, 0.3) is 22.4 Å². The molecule has 0 saturated heterocycles. The van der Waals surface area contributed by atoms with Crippen LogP contribution in [-0.2, 0) is 0 Å². The Bertz CT molecular complexity index is 1000. The first kappa shape index (κ1) is 15.0. The van der Waals surface area contributed by atoms with E-state index in [1.54, 1.807) is 25.3 Å². The maximum absolute atomic E-state index is 12.2. The lowest BCUT2D eigenvalue weighted by molar-refractivity contribution is 0.0996. The maximum atomic E-state index is 12.2. The monoisotopic (exact) mass is 333 g/mol. The van der Waals surface area contributed by atoms with Gasteiger partial charge in [0, 0.05) is 5.56 Å². The number of methoxy groups -OCH3 is 1. The smallest absolute Gasteiger partial charge is 0.291 e. The molecule has 0 atom stereocenters. The first-order valence-electron chi connectivity index (χ1n) is 7.72. The molecule has 1 amide bonds. The summed E-state index contributed by atoms with van der Waals surface area (Å²) >= 11 is 0. The van der Waals surface area contributed by atoms with Crippen LogP contribution in [0.15, 0.2) is 65.3 Å². The van der Waals surface area contributed by atoms with Crippen molar-refractivity contribution in [3.8, 4) is 17.1 Å². The van der Waals surface area contributed by atoms with Crippen molar-refractivity contribution in [2.45, 2.75) is 0 Å². The number of hydrogen-bond donors (Lipinski definition) is 2. The van der Waals surface area contributed by atoms with Crippen LogP contribution in [0.4, 0.5) is 5.69 Å². The van der Waals surface area contributed by atoms with E-state index < -0.39 is 0 Å². The van der Waals surface area contributed by atoms with Crippen molar-refractivity contribution >= 4 is 22.6 Å². The van der Waals surface area contributed by atoms with Gasteiger partial charge in [-0.2, -0.15) is 0 Å². The van der Waals surface area contributed by atoms with E-state index in [1.165, 1.54) is 6.26 Å². The van der Waals surface area contributed by atoms with Gasteiger partial charge in [0.25, 0.3) is 5.91 Å². The maximum Gasteiger partial charge on any atom is 0.291 e. The van der Waals surface area contributed by atoms with Gasteiger partial charge >= 0.3 is 0 Å². The van der Waals surface area contributed by atoms with E-state index in [0.717, 1.165) is 22.4 Å². The Morgan fingerprint density at radius 2 is 2.04 bits per heavy atom. The fraction of sp³-hybridized carbons (Fsp3) is 0.0526. The van der Waals surface area contributed by atoms with Crippen molar-refractivity contribution in [1.82, 2.24) is 9.97 Å². The number of ether oxygens (including phenoxy) is 1. The lowest BCUT2D eigenvalue weighted by Gasteiger charge is -2.10. The third-order valence-corrected chi connectivity index (χ3v) is 3.86. The van der Waals surface area contributed by atoms with Crippen molar-refractivity contribution in [2.75, 3.05) is 12.4 Å². The van der Waals surface area contributed by atoms with E-state index in [2.05, 4.69) is 15.3 Å². The summed E-state index contributed by atoms with van der Waals surface area (Å²) in [6.07, 6.45) is 1.46. The topological polar surface area (TPSA) is 80.1 Å². The molecule has 6 heteroatoms. The molecule has 25 heavy (non-hydrogen) atoms. The molecule has 124 valence electrons. The van der Waals surface area contributed by atoms with Gasteiger partial charge in [0.05, 0.1) is 30.1 Å². The van der Waals surface area contributed by atoms with E-state index in [0.29, 0.717) is 11.4 Å². The number of imidazole rings is 1. The van der Waals surface area contributed by atoms with Gasteiger partial charge in [-0.25, -0.2) is 4.98 Å². The van der Waals surface area contributed by atoms with E-state index in [1.807, 2.05) is 36.4 Å². The quantitative estimate of drug-likeness (QED) is 0.589. The molecule has 0 aliphatic carbocycles. The van der Waals surface area contributed by atoms with Crippen LogP contribution in [0.2, 0.25) is 0 Å². The summed E-state index contributed by atoms with van der Waals surface area (Å²) in [5, 5.41) is 2.81. The average Bonchev–Trinajstić information content (AvgIpc) is 3.31. The van der Waals surface area contributed by atoms with Crippen molar-refractivity contribution in [2.24, 2.45) is 0 Å². The van der Waals surface area contributed by atoms with Crippen molar-refractivity contribution < 1.29 is 13.9 Å². The number of anilines is 1. The average molecular weight is 333 g/mol. The highest BCUT2D eigenvalue weighted by atomic mass is 16.5. The summed E-state index contributed by atoms with van der Waals surface area (Å²) in [6.45, 7) is 0. The predicted molar refractivity (Wildman–Crippen MR) is 94.7 cm³/mol. The molecule has 0 spiro atoms. The number of carbonyl (C=O) groups excluding carboxylic acids is 1. The molecule has 0 saturated carbocycles. The largest absolute Gasteiger partial charge is 0.495 e. The third kappa shape index (κ3) is 2.85. The van der Waals surface area contributed by atoms with Crippen LogP contribution < -0.4 is 10.1 Å². The van der Waals surface area contributed by atoms with Crippen LogP contribution in [0.5, 0.6) is 5.75 Å². The number of carbonyl (C=O) groups is 1. The van der Waals surface area contributed by atoms with Crippen molar-refractivity contribution in [3.63, 3.8) is 0 Å². The molecule has 0 aliphatic rings. The van der Waals surface area contributed by atoms with Crippen LogP contribution in [-0.4, -0.2) is 23.0 Å². The van der Waals surface area contributed by atoms with Gasteiger partial charge in [-0.3, -0.25) is 4.79 Å². The van der Waals surface area contributed by atoms with Crippen LogP contribution >= 0.6 is 0 Å². The second-order valence-electron chi connectivity index (χ2n) is 5.45. The lowest BCUT2D eigenvalue weighted by Crippen LogP contribution is -2.11. The second-order valence-corrected chi connectivity index (χ2v) is 5.45. The Balaban J connectivity index is 1.71. The molecule has 0 aliphatic heterocycles. The molecule has 2 aromatic heterocycles. The second kappa shape index (κ2) is 6.16. The van der Waals surface area contributed by atoms with E-state index >= 15 is 0 Å².